The van der Waals surface area contributed by atoms with Crippen molar-refractivity contribution in [3.8, 4) is 0 Å². The molecule has 2 aromatic rings. The molecule has 3 rings (SSSR count). The van der Waals surface area contributed by atoms with Gasteiger partial charge in [-0.2, -0.15) is 0 Å². The van der Waals surface area contributed by atoms with E-state index in [1.165, 1.54) is 25.7 Å². The van der Waals surface area contributed by atoms with Gasteiger partial charge < -0.3 is 9.55 Å². The first-order valence-electron chi connectivity index (χ1n) is 6.22. The van der Waals surface area contributed by atoms with Crippen LogP contribution in [0.1, 0.15) is 25.7 Å². The van der Waals surface area contributed by atoms with Gasteiger partial charge in [0, 0.05) is 6.54 Å². The lowest BCUT2D eigenvalue weighted by atomic mass is 9.83. The summed E-state index contributed by atoms with van der Waals surface area (Å²) < 4.78 is 2.88. The van der Waals surface area contributed by atoms with E-state index in [9.17, 15) is 0 Å². The van der Waals surface area contributed by atoms with E-state index in [0.29, 0.717) is 10.0 Å². The Bertz CT molecular complexity index is 640. The van der Waals surface area contributed by atoms with E-state index in [1.807, 2.05) is 12.1 Å². The summed E-state index contributed by atoms with van der Waals surface area (Å²) in [5.41, 5.74) is 2.01. The molecule has 1 aliphatic carbocycles. The summed E-state index contributed by atoms with van der Waals surface area (Å²) >= 11 is 17.5. The van der Waals surface area contributed by atoms with Gasteiger partial charge in [-0.15, -0.1) is 0 Å². The predicted octanol–water partition coefficient (Wildman–Crippen LogP) is 5.20. The van der Waals surface area contributed by atoms with Crippen molar-refractivity contribution in [1.82, 2.24) is 9.55 Å². The molecule has 0 bridgehead atoms. The van der Waals surface area contributed by atoms with E-state index in [1.54, 1.807) is 0 Å². The number of benzene rings is 1. The van der Waals surface area contributed by atoms with E-state index in [0.717, 1.165) is 28.3 Å². The molecule has 0 saturated heterocycles. The molecule has 0 atom stereocenters. The second-order valence-electron chi connectivity index (χ2n) is 4.95. The molecule has 0 amide bonds. The van der Waals surface area contributed by atoms with Crippen molar-refractivity contribution in [2.24, 2.45) is 5.92 Å². The number of halogens is 2. The molecule has 1 heterocycles. The average molecular weight is 301 g/mol. The minimum absolute atomic E-state index is 0.562. The number of aromatic amines is 1. The zero-order valence-corrected chi connectivity index (χ0v) is 12.2. The minimum atomic E-state index is 0.562. The third-order valence-electron chi connectivity index (χ3n) is 3.80. The Morgan fingerprint density at radius 2 is 2.00 bits per heavy atom. The molecule has 0 aliphatic heterocycles. The topological polar surface area (TPSA) is 20.7 Å². The molecule has 1 aliphatic rings. The van der Waals surface area contributed by atoms with E-state index in [-0.39, 0.29) is 0 Å². The van der Waals surface area contributed by atoms with Gasteiger partial charge in [-0.3, -0.25) is 0 Å². The van der Waals surface area contributed by atoms with Crippen LogP contribution >= 0.6 is 35.4 Å². The van der Waals surface area contributed by atoms with Gasteiger partial charge in [-0.05, 0) is 36.7 Å². The fraction of sp³-hybridized carbons (Fsp3) is 0.462. The minimum Gasteiger partial charge on any atom is -0.331 e. The number of imidazole rings is 1. The lowest BCUT2D eigenvalue weighted by Crippen LogP contribution is -2.13. The molecule has 96 valence electrons. The molecule has 1 aromatic carbocycles. The summed E-state index contributed by atoms with van der Waals surface area (Å²) in [6.07, 6.45) is 5.30. The Hall–Kier alpha value is -0.510. The fourth-order valence-electron chi connectivity index (χ4n) is 2.47. The van der Waals surface area contributed by atoms with E-state index >= 15 is 0 Å². The number of aromatic nitrogens is 2. The first kappa shape index (κ1) is 12.5. The molecule has 18 heavy (non-hydrogen) atoms. The van der Waals surface area contributed by atoms with E-state index in [4.69, 9.17) is 35.4 Å². The highest BCUT2D eigenvalue weighted by molar-refractivity contribution is 7.71. The number of aryl methyl sites for hydroxylation is 1. The highest BCUT2D eigenvalue weighted by atomic mass is 35.5. The number of hydrogen-bond donors (Lipinski definition) is 1. The average Bonchev–Trinajstić information content (AvgIpc) is 2.54. The van der Waals surface area contributed by atoms with Gasteiger partial charge in [0.25, 0.3) is 0 Å². The summed E-state index contributed by atoms with van der Waals surface area (Å²) in [6, 6.07) is 3.74. The fourth-order valence-corrected chi connectivity index (χ4v) is 3.09. The molecule has 1 aromatic heterocycles. The third kappa shape index (κ3) is 2.20. The largest absolute Gasteiger partial charge is 0.331 e. The zero-order valence-electron chi connectivity index (χ0n) is 9.88. The number of hydrogen-bond acceptors (Lipinski definition) is 1. The number of H-pyrrole nitrogens is 1. The van der Waals surface area contributed by atoms with Crippen LogP contribution in [-0.4, -0.2) is 9.55 Å². The number of nitrogens with zero attached hydrogens (tertiary/aromatic N) is 1. The zero-order chi connectivity index (χ0) is 12.7. The molecule has 2 nitrogen and oxygen atoms in total. The summed E-state index contributed by atoms with van der Waals surface area (Å²) in [6.45, 7) is 0.960. The van der Waals surface area contributed by atoms with Gasteiger partial charge in [0.2, 0.25) is 0 Å². The quantitative estimate of drug-likeness (QED) is 0.773. The first-order valence-corrected chi connectivity index (χ1v) is 7.39. The Morgan fingerprint density at radius 1 is 1.28 bits per heavy atom. The van der Waals surface area contributed by atoms with Gasteiger partial charge >= 0.3 is 0 Å². The maximum Gasteiger partial charge on any atom is 0.178 e. The van der Waals surface area contributed by atoms with Gasteiger partial charge in [0.1, 0.15) is 0 Å². The van der Waals surface area contributed by atoms with Crippen LogP contribution in [0.4, 0.5) is 0 Å². The van der Waals surface area contributed by atoms with Crippen molar-refractivity contribution in [2.75, 3.05) is 0 Å². The second kappa shape index (κ2) is 4.87. The van der Waals surface area contributed by atoms with Crippen LogP contribution in [0.3, 0.4) is 0 Å². The van der Waals surface area contributed by atoms with Gasteiger partial charge in [-0.25, -0.2) is 0 Å². The van der Waals surface area contributed by atoms with Crippen LogP contribution < -0.4 is 0 Å². The van der Waals surface area contributed by atoms with Crippen LogP contribution in [0.5, 0.6) is 0 Å². The second-order valence-corrected chi connectivity index (χ2v) is 6.15. The Balaban J connectivity index is 1.96. The van der Waals surface area contributed by atoms with Crippen LogP contribution in [0.2, 0.25) is 10.0 Å². The highest BCUT2D eigenvalue weighted by Gasteiger charge is 2.17. The molecule has 5 heteroatoms. The van der Waals surface area contributed by atoms with Crippen LogP contribution in [0, 0.1) is 10.7 Å². The smallest absolute Gasteiger partial charge is 0.178 e. The van der Waals surface area contributed by atoms with Crippen molar-refractivity contribution < 1.29 is 0 Å². The van der Waals surface area contributed by atoms with Crippen molar-refractivity contribution in [2.45, 2.75) is 32.2 Å². The number of fused-ring (bicyclic) bond motifs is 1. The van der Waals surface area contributed by atoms with Gasteiger partial charge in [0.15, 0.2) is 4.77 Å². The Morgan fingerprint density at radius 3 is 2.67 bits per heavy atom. The van der Waals surface area contributed by atoms with Crippen molar-refractivity contribution in [3.63, 3.8) is 0 Å². The van der Waals surface area contributed by atoms with E-state index in [2.05, 4.69) is 9.55 Å². The Kier molecular flexibility index (Phi) is 3.39. The van der Waals surface area contributed by atoms with Gasteiger partial charge in [0.05, 0.1) is 21.1 Å². The summed E-state index contributed by atoms with van der Waals surface area (Å²) in [7, 11) is 0. The molecule has 1 fully saturated rings. The standard InChI is InChI=1S/C13H14Cl2N2S/c14-9-6-11-12(7-10(9)15)17(13(18)16-11)5-4-8-2-1-3-8/h6-8H,1-5H2,(H,16,18). The first-order chi connectivity index (χ1) is 8.65. The Labute approximate surface area is 121 Å². The highest BCUT2D eigenvalue weighted by Crippen LogP contribution is 2.31. The normalized spacial score (nSPS) is 16.1. The molecular formula is C13H14Cl2N2S. The van der Waals surface area contributed by atoms with Gasteiger partial charge in [-0.1, -0.05) is 42.5 Å². The molecule has 0 spiro atoms. The lowest BCUT2D eigenvalue weighted by molar-refractivity contribution is 0.283. The maximum atomic E-state index is 6.08. The van der Waals surface area contributed by atoms with Crippen LogP contribution in [0.25, 0.3) is 11.0 Å². The number of nitrogens with one attached hydrogen (secondary N) is 1. The van der Waals surface area contributed by atoms with Crippen LogP contribution in [0.15, 0.2) is 12.1 Å². The summed E-state index contributed by atoms with van der Waals surface area (Å²) in [4.78, 5) is 3.19. The number of rotatable bonds is 3. The molecule has 0 unspecified atom stereocenters. The predicted molar refractivity (Wildman–Crippen MR) is 79.1 cm³/mol. The molecule has 0 radical (unpaired) electrons. The van der Waals surface area contributed by atoms with Crippen molar-refractivity contribution >= 4 is 46.5 Å². The van der Waals surface area contributed by atoms with Crippen LogP contribution in [-0.2, 0) is 6.54 Å². The molecular weight excluding hydrogens is 287 g/mol. The SMILES string of the molecule is S=c1[nH]c2cc(Cl)c(Cl)cc2n1CCC1CCC1. The summed E-state index contributed by atoms with van der Waals surface area (Å²) in [5.74, 6) is 0.875. The maximum absolute atomic E-state index is 6.08. The van der Waals surface area contributed by atoms with Crippen molar-refractivity contribution in [3.05, 3.63) is 26.9 Å². The molecule has 1 saturated carbocycles. The van der Waals surface area contributed by atoms with E-state index < -0.39 is 0 Å². The van der Waals surface area contributed by atoms with Crippen molar-refractivity contribution in [1.29, 1.82) is 0 Å². The lowest BCUT2D eigenvalue weighted by Gasteiger charge is -2.25. The monoisotopic (exact) mass is 300 g/mol. The molecule has 1 N–H and O–H groups in total. The summed E-state index contributed by atoms with van der Waals surface area (Å²) in [5, 5.41) is 1.14. The third-order valence-corrected chi connectivity index (χ3v) is 4.85.